The zero-order valence-electron chi connectivity index (χ0n) is 12.5. The molecular formula is C16H15Cl2N3O2. The highest BCUT2D eigenvalue weighted by atomic mass is 35.5. The third-order valence-electron chi connectivity index (χ3n) is 3.86. The van der Waals surface area contributed by atoms with Crippen LogP contribution in [0.2, 0.25) is 10.0 Å². The molecule has 1 aromatic heterocycles. The van der Waals surface area contributed by atoms with E-state index in [4.69, 9.17) is 23.2 Å². The minimum absolute atomic E-state index is 0.266. The van der Waals surface area contributed by atoms with Gasteiger partial charge in [-0.25, -0.2) is 4.68 Å². The van der Waals surface area contributed by atoms with Gasteiger partial charge in [0.05, 0.1) is 5.69 Å². The third-order valence-corrected chi connectivity index (χ3v) is 4.30. The number of nitrogens with one attached hydrogen (secondary N) is 1. The molecule has 1 aliphatic rings. The molecule has 0 saturated carbocycles. The second kappa shape index (κ2) is 6.34. The number of benzene rings is 1. The van der Waals surface area contributed by atoms with Crippen molar-refractivity contribution in [3.63, 3.8) is 0 Å². The number of halogens is 2. The fourth-order valence-corrected chi connectivity index (χ4v) is 3.20. The summed E-state index contributed by atoms with van der Waals surface area (Å²) in [7, 11) is 0. The highest BCUT2D eigenvalue weighted by molar-refractivity contribution is 6.35. The summed E-state index contributed by atoms with van der Waals surface area (Å²) >= 11 is 11.8. The molecule has 7 heteroatoms. The highest BCUT2D eigenvalue weighted by Gasteiger charge is 2.21. The van der Waals surface area contributed by atoms with Crippen molar-refractivity contribution in [1.82, 2.24) is 9.78 Å². The summed E-state index contributed by atoms with van der Waals surface area (Å²) < 4.78 is 1.23. The smallest absolute Gasteiger partial charge is 0.267 e. The van der Waals surface area contributed by atoms with Gasteiger partial charge in [-0.15, -0.1) is 0 Å². The molecule has 120 valence electrons. The molecule has 1 heterocycles. The molecule has 5 nitrogen and oxygen atoms in total. The summed E-state index contributed by atoms with van der Waals surface area (Å²) in [5.41, 5.74) is 2.10. The number of fused-ring (bicyclic) bond motifs is 1. The van der Waals surface area contributed by atoms with E-state index >= 15 is 0 Å². The number of carbonyl (C=O) groups excluding carboxylic acids is 1. The molecule has 1 N–H and O–H groups in total. The van der Waals surface area contributed by atoms with Crippen LogP contribution in [-0.4, -0.2) is 15.7 Å². The molecule has 0 aliphatic heterocycles. The lowest BCUT2D eigenvalue weighted by Crippen LogP contribution is -2.34. The van der Waals surface area contributed by atoms with Crippen molar-refractivity contribution in [1.29, 1.82) is 0 Å². The Balaban J connectivity index is 1.84. The second-order valence-corrected chi connectivity index (χ2v) is 6.45. The predicted octanol–water partition coefficient (Wildman–Crippen LogP) is 3.24. The number of aromatic nitrogens is 2. The van der Waals surface area contributed by atoms with Gasteiger partial charge in [0.1, 0.15) is 6.04 Å². The Bertz CT molecular complexity index is 812. The first-order valence-corrected chi connectivity index (χ1v) is 8.08. The Morgan fingerprint density at radius 1 is 1.22 bits per heavy atom. The van der Waals surface area contributed by atoms with Gasteiger partial charge < -0.3 is 5.32 Å². The maximum atomic E-state index is 12.4. The number of rotatable bonds is 3. The van der Waals surface area contributed by atoms with E-state index in [9.17, 15) is 9.59 Å². The van der Waals surface area contributed by atoms with Crippen LogP contribution >= 0.6 is 23.2 Å². The number of aryl methyl sites for hydroxylation is 2. The van der Waals surface area contributed by atoms with E-state index in [1.807, 2.05) is 0 Å². The van der Waals surface area contributed by atoms with E-state index in [-0.39, 0.29) is 11.5 Å². The fourth-order valence-electron chi connectivity index (χ4n) is 2.68. The lowest BCUT2D eigenvalue weighted by atomic mass is 10.2. The molecule has 2 aromatic rings. The van der Waals surface area contributed by atoms with Gasteiger partial charge in [-0.3, -0.25) is 9.59 Å². The van der Waals surface area contributed by atoms with Crippen molar-refractivity contribution < 1.29 is 4.79 Å². The molecule has 0 radical (unpaired) electrons. The summed E-state index contributed by atoms with van der Waals surface area (Å²) in [6.07, 6.45) is 2.71. The maximum absolute atomic E-state index is 12.4. The molecule has 1 aliphatic carbocycles. The Kier molecular flexibility index (Phi) is 4.41. The quantitative estimate of drug-likeness (QED) is 0.922. The van der Waals surface area contributed by atoms with E-state index in [1.54, 1.807) is 31.2 Å². The van der Waals surface area contributed by atoms with Crippen LogP contribution in [0.4, 0.5) is 5.69 Å². The molecular weight excluding hydrogens is 337 g/mol. The molecule has 0 spiro atoms. The first-order chi connectivity index (χ1) is 10.9. The maximum Gasteiger partial charge on any atom is 0.267 e. The molecule has 0 fully saturated rings. The van der Waals surface area contributed by atoms with Crippen molar-refractivity contribution in [2.75, 3.05) is 5.32 Å². The fraction of sp³-hybridized carbons (Fsp3) is 0.312. The lowest BCUT2D eigenvalue weighted by molar-refractivity contribution is -0.119. The zero-order valence-corrected chi connectivity index (χ0v) is 14.0. The minimum atomic E-state index is -0.730. The van der Waals surface area contributed by atoms with Crippen LogP contribution < -0.4 is 10.9 Å². The number of nitrogens with zero attached hydrogens (tertiary/aromatic N) is 2. The van der Waals surface area contributed by atoms with E-state index in [0.717, 1.165) is 30.5 Å². The minimum Gasteiger partial charge on any atom is -0.324 e. The first-order valence-electron chi connectivity index (χ1n) is 7.32. The van der Waals surface area contributed by atoms with Crippen LogP contribution in [-0.2, 0) is 17.6 Å². The zero-order chi connectivity index (χ0) is 16.6. The van der Waals surface area contributed by atoms with Crippen molar-refractivity contribution in [3.8, 4) is 0 Å². The molecule has 0 saturated heterocycles. The lowest BCUT2D eigenvalue weighted by Gasteiger charge is -2.15. The Hall–Kier alpha value is -1.85. The topological polar surface area (TPSA) is 64.0 Å². The van der Waals surface area contributed by atoms with Gasteiger partial charge in [0.15, 0.2) is 0 Å². The van der Waals surface area contributed by atoms with Gasteiger partial charge in [0, 0.05) is 21.8 Å². The Morgan fingerprint density at radius 2 is 1.91 bits per heavy atom. The molecule has 23 heavy (non-hydrogen) atoms. The van der Waals surface area contributed by atoms with Crippen molar-refractivity contribution in [2.24, 2.45) is 0 Å². The molecule has 1 aromatic carbocycles. The molecule has 3 rings (SSSR count). The monoisotopic (exact) mass is 351 g/mol. The van der Waals surface area contributed by atoms with Gasteiger partial charge in [-0.05, 0) is 49.9 Å². The van der Waals surface area contributed by atoms with Crippen molar-refractivity contribution in [3.05, 3.63) is 55.9 Å². The van der Waals surface area contributed by atoms with Gasteiger partial charge in [-0.2, -0.15) is 5.10 Å². The third kappa shape index (κ3) is 3.41. The van der Waals surface area contributed by atoms with Crippen LogP contribution in [0.15, 0.2) is 29.1 Å². The standard InChI is InChI=1S/C16H15Cl2N3O2/c1-9(16(23)19-13-7-11(17)6-12(18)8-13)21-15(22)5-10-3-2-4-14(10)20-21/h5-9H,2-4H2,1H3,(H,19,23). The average Bonchev–Trinajstić information content (AvgIpc) is 2.91. The summed E-state index contributed by atoms with van der Waals surface area (Å²) in [6.45, 7) is 1.64. The first kappa shape index (κ1) is 16.0. The number of amides is 1. The molecule has 1 unspecified atom stereocenters. The summed E-state index contributed by atoms with van der Waals surface area (Å²) in [4.78, 5) is 24.6. The largest absolute Gasteiger partial charge is 0.324 e. The van der Waals surface area contributed by atoms with Crippen LogP contribution in [0.3, 0.4) is 0 Å². The number of hydrogen-bond donors (Lipinski definition) is 1. The highest BCUT2D eigenvalue weighted by Crippen LogP contribution is 2.23. The van der Waals surface area contributed by atoms with Crippen LogP contribution in [0.5, 0.6) is 0 Å². The summed E-state index contributed by atoms with van der Waals surface area (Å²) in [6, 6.07) is 5.61. The van der Waals surface area contributed by atoms with Gasteiger partial charge >= 0.3 is 0 Å². The molecule has 1 amide bonds. The van der Waals surface area contributed by atoms with Gasteiger partial charge in [-0.1, -0.05) is 23.2 Å². The number of hydrogen-bond acceptors (Lipinski definition) is 3. The normalized spacial score (nSPS) is 14.4. The Morgan fingerprint density at radius 3 is 2.61 bits per heavy atom. The molecule has 0 bridgehead atoms. The molecule has 1 atom stereocenters. The van der Waals surface area contributed by atoms with E-state index < -0.39 is 6.04 Å². The van der Waals surface area contributed by atoms with E-state index in [1.165, 1.54) is 4.68 Å². The summed E-state index contributed by atoms with van der Waals surface area (Å²) in [5, 5.41) is 7.90. The SMILES string of the molecule is CC(C(=O)Nc1cc(Cl)cc(Cl)c1)n1nc2c(cc1=O)CCC2. The average molecular weight is 352 g/mol. The number of carbonyl (C=O) groups is 1. The van der Waals surface area contributed by atoms with E-state index in [0.29, 0.717) is 15.7 Å². The van der Waals surface area contributed by atoms with Gasteiger partial charge in [0.25, 0.3) is 5.56 Å². The Labute approximate surface area is 143 Å². The second-order valence-electron chi connectivity index (χ2n) is 5.58. The predicted molar refractivity (Wildman–Crippen MR) is 90.3 cm³/mol. The van der Waals surface area contributed by atoms with Crippen molar-refractivity contribution in [2.45, 2.75) is 32.2 Å². The number of anilines is 1. The van der Waals surface area contributed by atoms with Gasteiger partial charge in [0.2, 0.25) is 5.91 Å². The van der Waals surface area contributed by atoms with Crippen LogP contribution in [0.1, 0.15) is 30.6 Å². The van der Waals surface area contributed by atoms with Crippen LogP contribution in [0.25, 0.3) is 0 Å². The summed E-state index contributed by atoms with van der Waals surface area (Å²) in [5.74, 6) is -0.351. The van der Waals surface area contributed by atoms with Crippen LogP contribution in [0, 0.1) is 0 Å². The van der Waals surface area contributed by atoms with Crippen molar-refractivity contribution >= 4 is 34.8 Å². The van der Waals surface area contributed by atoms with E-state index in [2.05, 4.69) is 10.4 Å².